The lowest BCUT2D eigenvalue weighted by Gasteiger charge is -2.16. The van der Waals surface area contributed by atoms with Crippen molar-refractivity contribution >= 4 is 34.4 Å². The second kappa shape index (κ2) is 10.6. The molecule has 0 saturated carbocycles. The number of benzene rings is 2. The molecule has 4 rings (SSSR count). The number of H-pyrrole nitrogens is 2. The van der Waals surface area contributed by atoms with Gasteiger partial charge in [0.1, 0.15) is 22.7 Å². The summed E-state index contributed by atoms with van der Waals surface area (Å²) in [7, 11) is 1.31. The number of para-hydroxylation sites is 1. The Kier molecular flexibility index (Phi) is 7.29. The molecule has 2 unspecified atom stereocenters. The van der Waals surface area contributed by atoms with Crippen molar-refractivity contribution in [1.82, 2.24) is 15.3 Å². The van der Waals surface area contributed by atoms with Gasteiger partial charge in [-0.25, -0.2) is 14.2 Å². The molecule has 12 nitrogen and oxygen atoms in total. The van der Waals surface area contributed by atoms with Gasteiger partial charge in [0, 0.05) is 6.42 Å². The molecule has 2 amide bonds. The molecule has 1 aliphatic heterocycles. The van der Waals surface area contributed by atoms with Crippen molar-refractivity contribution in [1.29, 1.82) is 0 Å². The highest BCUT2D eigenvalue weighted by Crippen LogP contribution is 2.36. The minimum absolute atomic E-state index is 0.0238. The highest BCUT2D eigenvalue weighted by Gasteiger charge is 2.34. The van der Waals surface area contributed by atoms with Crippen LogP contribution in [0.25, 0.3) is 0 Å². The van der Waals surface area contributed by atoms with Crippen molar-refractivity contribution in [2.75, 3.05) is 12.4 Å². The van der Waals surface area contributed by atoms with E-state index in [-0.39, 0.29) is 39.9 Å². The third-order valence-corrected chi connectivity index (χ3v) is 6.39. The number of nitrogens with one attached hydrogen (secondary N) is 4. The third-order valence-electron chi connectivity index (χ3n) is 5.29. The molecule has 2 aromatic carbocycles. The van der Waals surface area contributed by atoms with Crippen LogP contribution < -0.4 is 26.6 Å². The van der Waals surface area contributed by atoms with Crippen LogP contribution in [-0.4, -0.2) is 49.5 Å². The Morgan fingerprint density at radius 2 is 1.95 bits per heavy atom. The number of ether oxygens (including phenoxy) is 1. The number of aromatic nitrogens is 2. The molecular weight excluding hydrogens is 509 g/mol. The number of amidine groups is 1. The summed E-state index contributed by atoms with van der Waals surface area (Å²) in [6, 6.07) is 8.40. The zero-order chi connectivity index (χ0) is 26.7. The number of hydrogen-bond donors (Lipinski definition) is 6. The maximum Gasteiger partial charge on any atom is 0.328 e. The number of anilines is 1. The molecule has 192 valence electrons. The van der Waals surface area contributed by atoms with Gasteiger partial charge in [0.2, 0.25) is 17.7 Å². The zero-order valence-electron chi connectivity index (χ0n) is 19.1. The van der Waals surface area contributed by atoms with E-state index < -0.39 is 46.1 Å². The zero-order valence-corrected chi connectivity index (χ0v) is 19.9. The van der Waals surface area contributed by atoms with Crippen LogP contribution in [0.5, 0.6) is 17.4 Å². The maximum absolute atomic E-state index is 13.8. The van der Waals surface area contributed by atoms with Gasteiger partial charge in [0.15, 0.2) is 16.7 Å². The van der Waals surface area contributed by atoms with Gasteiger partial charge in [0.05, 0.1) is 12.8 Å². The summed E-state index contributed by atoms with van der Waals surface area (Å²) in [6.45, 7) is 0. The van der Waals surface area contributed by atoms with Crippen LogP contribution in [0.4, 0.5) is 10.1 Å². The molecule has 1 aromatic heterocycles. The Labute approximate surface area is 211 Å². The molecule has 1 saturated heterocycles. The molecule has 14 heteroatoms. The third kappa shape index (κ3) is 5.64. The number of hydrogen-bond acceptors (Lipinski definition) is 9. The quantitative estimate of drug-likeness (QED) is 0.264. The number of phenolic OH excluding ortho intramolecular Hbond substituents is 1. The standard InChI is InChI=1S/C23H20FN5O7S/c1-36-14-8-10(6-7-13(14)30)18(17-20(33)27-22(35)28-21(17)34)26-23-29-19(32)15(37-23)9-16(31)25-12-5-3-2-4-11(12)24/h2-8,15,18,30H,9H2,1H3,(H,25,31)(H,26,29,32)(H3,27,28,33,34,35). The van der Waals surface area contributed by atoms with E-state index in [1.165, 1.54) is 43.5 Å². The van der Waals surface area contributed by atoms with E-state index in [1.54, 1.807) is 6.07 Å². The average molecular weight is 530 g/mol. The summed E-state index contributed by atoms with van der Waals surface area (Å²) in [5, 5.41) is 24.3. The van der Waals surface area contributed by atoms with Crippen LogP contribution in [0, 0.1) is 5.82 Å². The monoisotopic (exact) mass is 529 g/mol. The first kappa shape index (κ1) is 25.5. The molecular formula is C23H20FN5O7S. The first-order chi connectivity index (χ1) is 17.7. The van der Waals surface area contributed by atoms with Gasteiger partial charge in [-0.1, -0.05) is 30.0 Å². The number of rotatable bonds is 7. The number of aromatic amines is 2. The Bertz CT molecular complexity index is 1520. The van der Waals surface area contributed by atoms with Crippen molar-refractivity contribution in [3.63, 3.8) is 0 Å². The van der Waals surface area contributed by atoms with Crippen LogP contribution in [-0.2, 0) is 9.59 Å². The topological polar surface area (TPSA) is 186 Å². The summed E-state index contributed by atoms with van der Waals surface area (Å²) in [5.41, 5.74) is -1.97. The fourth-order valence-electron chi connectivity index (χ4n) is 3.56. The van der Waals surface area contributed by atoms with Crippen LogP contribution in [0.3, 0.4) is 0 Å². The minimum Gasteiger partial charge on any atom is -0.504 e. The molecule has 6 N–H and O–H groups in total. The summed E-state index contributed by atoms with van der Waals surface area (Å²) >= 11 is 0.896. The van der Waals surface area contributed by atoms with E-state index in [2.05, 4.69) is 20.6 Å². The molecule has 1 aliphatic rings. The summed E-state index contributed by atoms with van der Waals surface area (Å²) in [4.78, 5) is 57.6. The SMILES string of the molecule is COc1cc(C(N=C2NC(=O)C(CC(=O)Nc3ccccc3F)S2)c2c(O)[nH]c(=O)[nH]c2=O)ccc1O. The van der Waals surface area contributed by atoms with Gasteiger partial charge in [0.25, 0.3) is 5.56 Å². The van der Waals surface area contributed by atoms with E-state index in [1.807, 2.05) is 4.98 Å². The Balaban J connectivity index is 1.64. The molecule has 37 heavy (non-hydrogen) atoms. The number of thioether (sulfide) groups is 1. The number of carbonyl (C=O) groups excluding carboxylic acids is 2. The van der Waals surface area contributed by atoms with Crippen LogP contribution in [0.1, 0.15) is 23.6 Å². The Morgan fingerprint density at radius 3 is 2.65 bits per heavy atom. The minimum atomic E-state index is -1.26. The molecule has 0 spiro atoms. The number of nitrogens with zero attached hydrogens (tertiary/aromatic N) is 1. The number of halogens is 1. The number of aliphatic imine (C=N–C) groups is 1. The van der Waals surface area contributed by atoms with Gasteiger partial charge >= 0.3 is 5.69 Å². The van der Waals surface area contributed by atoms with Gasteiger partial charge in [-0.15, -0.1) is 0 Å². The van der Waals surface area contributed by atoms with Crippen LogP contribution in [0.2, 0.25) is 0 Å². The highest BCUT2D eigenvalue weighted by molar-refractivity contribution is 8.15. The lowest BCUT2D eigenvalue weighted by atomic mass is 10.0. The second-order valence-corrected chi connectivity index (χ2v) is 8.96. The van der Waals surface area contributed by atoms with Gasteiger partial charge < -0.3 is 25.6 Å². The maximum atomic E-state index is 13.8. The fourth-order valence-corrected chi connectivity index (χ4v) is 4.55. The van der Waals surface area contributed by atoms with Crippen molar-refractivity contribution in [3.8, 4) is 17.4 Å². The predicted molar refractivity (Wildman–Crippen MR) is 132 cm³/mol. The molecule has 0 bridgehead atoms. The smallest absolute Gasteiger partial charge is 0.328 e. The van der Waals surface area contributed by atoms with Crippen LogP contribution in [0.15, 0.2) is 57.0 Å². The lowest BCUT2D eigenvalue weighted by Crippen LogP contribution is -2.29. The second-order valence-electron chi connectivity index (χ2n) is 7.77. The molecule has 1 fully saturated rings. The van der Waals surface area contributed by atoms with E-state index in [9.17, 15) is 33.8 Å². The summed E-state index contributed by atoms with van der Waals surface area (Å²) in [6.07, 6.45) is -0.300. The van der Waals surface area contributed by atoms with E-state index >= 15 is 0 Å². The molecule has 0 aliphatic carbocycles. The summed E-state index contributed by atoms with van der Waals surface area (Å²) < 4.78 is 18.9. The average Bonchev–Trinajstić information content (AvgIpc) is 3.18. The van der Waals surface area contributed by atoms with E-state index in [0.717, 1.165) is 11.8 Å². The molecule has 2 atom stereocenters. The number of amides is 2. The Morgan fingerprint density at radius 1 is 1.19 bits per heavy atom. The first-order valence-corrected chi connectivity index (χ1v) is 11.6. The first-order valence-electron chi connectivity index (χ1n) is 10.7. The highest BCUT2D eigenvalue weighted by atomic mass is 32.2. The van der Waals surface area contributed by atoms with Crippen LogP contribution >= 0.6 is 11.8 Å². The van der Waals surface area contributed by atoms with Crippen molar-refractivity contribution in [3.05, 3.63) is 80.2 Å². The largest absolute Gasteiger partial charge is 0.504 e. The van der Waals surface area contributed by atoms with Crippen molar-refractivity contribution in [2.24, 2.45) is 4.99 Å². The van der Waals surface area contributed by atoms with Crippen molar-refractivity contribution < 1.29 is 28.9 Å². The number of aromatic hydroxyl groups is 2. The Hall–Kier alpha value is -4.59. The molecule has 0 radical (unpaired) electrons. The van der Waals surface area contributed by atoms with Gasteiger partial charge in [-0.05, 0) is 29.8 Å². The number of carbonyl (C=O) groups is 2. The number of phenols is 1. The van der Waals surface area contributed by atoms with Crippen molar-refractivity contribution in [2.45, 2.75) is 17.7 Å². The fraction of sp³-hybridized carbons (Fsp3) is 0.174. The molecule has 2 heterocycles. The number of methoxy groups -OCH3 is 1. The van der Waals surface area contributed by atoms with Gasteiger partial charge in [-0.3, -0.25) is 24.4 Å². The van der Waals surface area contributed by atoms with Gasteiger partial charge in [-0.2, -0.15) is 0 Å². The normalized spacial score (nSPS) is 16.9. The van der Waals surface area contributed by atoms with E-state index in [0.29, 0.717) is 0 Å². The van der Waals surface area contributed by atoms with E-state index in [4.69, 9.17) is 4.74 Å². The lowest BCUT2D eigenvalue weighted by molar-refractivity contribution is -0.122. The predicted octanol–water partition coefficient (Wildman–Crippen LogP) is 1.33. The summed E-state index contributed by atoms with van der Waals surface area (Å²) in [5.74, 6) is -2.66. The molecule has 3 aromatic rings.